The maximum absolute atomic E-state index is 4.92. The molecule has 0 atom stereocenters. The van der Waals surface area contributed by atoms with Crippen LogP contribution < -0.4 is 10.2 Å². The van der Waals surface area contributed by atoms with Gasteiger partial charge in [-0.2, -0.15) is 0 Å². The Bertz CT molecular complexity index is 1350. The molecular weight excluding hydrogens is 410 g/mol. The molecule has 7 heteroatoms. The number of aromatic nitrogens is 4. The molecule has 0 unspecified atom stereocenters. The van der Waals surface area contributed by atoms with Crippen molar-refractivity contribution < 1.29 is 0 Å². The summed E-state index contributed by atoms with van der Waals surface area (Å²) in [7, 11) is 0. The summed E-state index contributed by atoms with van der Waals surface area (Å²) < 4.78 is 2.01. The molecule has 33 heavy (non-hydrogen) atoms. The third kappa shape index (κ3) is 3.84. The van der Waals surface area contributed by atoms with E-state index in [4.69, 9.17) is 9.97 Å². The highest BCUT2D eigenvalue weighted by Gasteiger charge is 2.27. The molecule has 0 amide bonds. The van der Waals surface area contributed by atoms with Gasteiger partial charge in [0.1, 0.15) is 5.82 Å². The molecule has 0 saturated carbocycles. The second kappa shape index (κ2) is 7.69. The van der Waals surface area contributed by atoms with Crippen LogP contribution in [0.3, 0.4) is 0 Å². The number of anilines is 3. The summed E-state index contributed by atoms with van der Waals surface area (Å²) in [6, 6.07) is 10.6. The average molecular weight is 438 g/mol. The standard InChI is InChI=1S/C26H27N7/c1-26(2)8-3-10-33(17-26)23-7-6-21(15-29-23)30-24-25-28-9-11-32(25)16-22(31-24)18-4-5-19-13-27-14-20(19)12-18/h4-7,9,11-13,15-16H,3,8,10,14,17H2,1-2H3,(H,30,31). The Hall–Kier alpha value is -3.74. The summed E-state index contributed by atoms with van der Waals surface area (Å²) in [6.07, 6.45) is 12.0. The van der Waals surface area contributed by atoms with Gasteiger partial charge in [0.25, 0.3) is 0 Å². The van der Waals surface area contributed by atoms with Crippen molar-refractivity contribution in [3.63, 3.8) is 0 Å². The second-order valence-corrected chi connectivity index (χ2v) is 9.74. The van der Waals surface area contributed by atoms with Crippen molar-refractivity contribution in [2.75, 3.05) is 23.3 Å². The molecule has 2 aliphatic rings. The molecule has 1 N–H and O–H groups in total. The maximum atomic E-state index is 4.92. The number of imidazole rings is 1. The largest absolute Gasteiger partial charge is 0.356 e. The Labute approximate surface area is 193 Å². The van der Waals surface area contributed by atoms with E-state index < -0.39 is 0 Å². The fourth-order valence-corrected chi connectivity index (χ4v) is 4.83. The van der Waals surface area contributed by atoms with Crippen LogP contribution in [-0.4, -0.2) is 38.7 Å². The van der Waals surface area contributed by atoms with Crippen molar-refractivity contribution in [1.29, 1.82) is 0 Å². The van der Waals surface area contributed by atoms with Gasteiger partial charge in [0.15, 0.2) is 11.5 Å². The number of nitrogens with zero attached hydrogens (tertiary/aromatic N) is 6. The van der Waals surface area contributed by atoms with Gasteiger partial charge in [-0.15, -0.1) is 0 Å². The minimum atomic E-state index is 0.331. The number of nitrogens with one attached hydrogen (secondary N) is 1. The Morgan fingerprint density at radius 2 is 2.03 bits per heavy atom. The minimum absolute atomic E-state index is 0.331. The zero-order chi connectivity index (χ0) is 22.4. The monoisotopic (exact) mass is 437 g/mol. The van der Waals surface area contributed by atoms with Crippen molar-refractivity contribution in [2.45, 2.75) is 33.2 Å². The quantitative estimate of drug-likeness (QED) is 0.481. The number of pyridine rings is 1. The van der Waals surface area contributed by atoms with E-state index in [1.165, 1.54) is 24.0 Å². The molecule has 0 bridgehead atoms. The maximum Gasteiger partial charge on any atom is 0.180 e. The van der Waals surface area contributed by atoms with E-state index in [9.17, 15) is 0 Å². The van der Waals surface area contributed by atoms with Crippen molar-refractivity contribution in [1.82, 2.24) is 19.4 Å². The van der Waals surface area contributed by atoms with E-state index >= 15 is 0 Å². The normalized spacial score (nSPS) is 16.8. The average Bonchev–Trinajstić information content (AvgIpc) is 3.48. The molecule has 3 aromatic heterocycles. The van der Waals surface area contributed by atoms with E-state index in [2.05, 4.69) is 64.4 Å². The molecule has 0 aliphatic carbocycles. The van der Waals surface area contributed by atoms with Crippen LogP contribution in [0.15, 0.2) is 60.1 Å². The van der Waals surface area contributed by atoms with E-state index in [1.807, 2.05) is 29.2 Å². The lowest BCUT2D eigenvalue weighted by Crippen LogP contribution is -2.40. The topological polar surface area (TPSA) is 70.7 Å². The zero-order valence-electron chi connectivity index (χ0n) is 19.0. The lowest BCUT2D eigenvalue weighted by atomic mass is 9.84. The van der Waals surface area contributed by atoms with Crippen LogP contribution in [-0.2, 0) is 6.54 Å². The fraction of sp³-hybridized carbons (Fsp3) is 0.308. The van der Waals surface area contributed by atoms with Gasteiger partial charge < -0.3 is 14.6 Å². The Kier molecular flexibility index (Phi) is 4.64. The number of piperidine rings is 1. The molecular formula is C26H27N7. The first-order valence-electron chi connectivity index (χ1n) is 11.5. The van der Waals surface area contributed by atoms with Gasteiger partial charge in [0, 0.05) is 43.5 Å². The summed E-state index contributed by atoms with van der Waals surface area (Å²) in [5, 5.41) is 3.44. The highest BCUT2D eigenvalue weighted by molar-refractivity contribution is 5.86. The summed E-state index contributed by atoms with van der Waals surface area (Å²) in [5.74, 6) is 1.74. The molecule has 166 valence electrons. The van der Waals surface area contributed by atoms with Gasteiger partial charge in [-0.1, -0.05) is 26.0 Å². The molecule has 2 aliphatic heterocycles. The first-order chi connectivity index (χ1) is 16.0. The zero-order valence-corrected chi connectivity index (χ0v) is 19.0. The molecule has 4 aromatic rings. The van der Waals surface area contributed by atoms with Crippen molar-refractivity contribution >= 4 is 29.2 Å². The predicted molar refractivity (Wildman–Crippen MR) is 132 cm³/mol. The number of fused-ring (bicyclic) bond motifs is 2. The SMILES string of the molecule is CC1(C)CCCN(c2ccc(Nc3nc(-c4ccc5c(c4)CN=C5)cn4ccnc34)cn2)C1. The summed E-state index contributed by atoms with van der Waals surface area (Å²) in [6.45, 7) is 7.49. The summed E-state index contributed by atoms with van der Waals surface area (Å²) >= 11 is 0. The van der Waals surface area contributed by atoms with Crippen LogP contribution in [0.1, 0.15) is 37.8 Å². The van der Waals surface area contributed by atoms with E-state index in [1.54, 1.807) is 6.20 Å². The highest BCUT2D eigenvalue weighted by atomic mass is 15.2. The predicted octanol–water partition coefficient (Wildman–Crippen LogP) is 5.09. The first-order valence-corrected chi connectivity index (χ1v) is 11.5. The molecule has 1 fully saturated rings. The van der Waals surface area contributed by atoms with Gasteiger partial charge in [-0.25, -0.2) is 15.0 Å². The van der Waals surface area contributed by atoms with Crippen LogP contribution in [0.25, 0.3) is 16.9 Å². The molecule has 1 saturated heterocycles. The van der Waals surface area contributed by atoms with E-state index in [0.717, 1.165) is 48.0 Å². The molecule has 0 radical (unpaired) electrons. The van der Waals surface area contributed by atoms with Crippen molar-refractivity contribution in [3.05, 3.63) is 66.2 Å². The summed E-state index contributed by atoms with van der Waals surface area (Å²) in [5.41, 5.74) is 6.38. The number of benzene rings is 1. The van der Waals surface area contributed by atoms with E-state index in [-0.39, 0.29) is 0 Å². The minimum Gasteiger partial charge on any atom is -0.356 e. The third-order valence-electron chi connectivity index (χ3n) is 6.54. The molecule has 6 rings (SSSR count). The molecule has 1 aromatic carbocycles. The smallest absolute Gasteiger partial charge is 0.180 e. The van der Waals surface area contributed by atoms with Gasteiger partial charge in [0.05, 0.1) is 24.1 Å². The van der Waals surface area contributed by atoms with E-state index in [0.29, 0.717) is 11.2 Å². The molecule has 0 spiro atoms. The third-order valence-corrected chi connectivity index (χ3v) is 6.54. The lowest BCUT2D eigenvalue weighted by molar-refractivity contribution is 0.292. The van der Waals surface area contributed by atoms with Gasteiger partial charge in [-0.3, -0.25) is 4.99 Å². The van der Waals surface area contributed by atoms with Crippen molar-refractivity contribution in [3.8, 4) is 11.3 Å². The number of hydrogen-bond acceptors (Lipinski definition) is 6. The van der Waals surface area contributed by atoms with Gasteiger partial charge in [-0.05, 0) is 47.6 Å². The Morgan fingerprint density at radius 3 is 2.88 bits per heavy atom. The van der Waals surface area contributed by atoms with Crippen LogP contribution in [0.4, 0.5) is 17.3 Å². The molecule has 5 heterocycles. The summed E-state index contributed by atoms with van der Waals surface area (Å²) in [4.78, 5) is 20.9. The second-order valence-electron chi connectivity index (χ2n) is 9.74. The van der Waals surface area contributed by atoms with Crippen molar-refractivity contribution in [2.24, 2.45) is 10.4 Å². The van der Waals surface area contributed by atoms with Gasteiger partial charge >= 0.3 is 0 Å². The number of hydrogen-bond donors (Lipinski definition) is 1. The van der Waals surface area contributed by atoms with Crippen LogP contribution in [0, 0.1) is 5.41 Å². The molecule has 7 nitrogen and oxygen atoms in total. The lowest BCUT2D eigenvalue weighted by Gasteiger charge is -2.38. The fourth-order valence-electron chi connectivity index (χ4n) is 4.83. The van der Waals surface area contributed by atoms with Gasteiger partial charge in [0.2, 0.25) is 0 Å². The number of rotatable bonds is 4. The first kappa shape index (κ1) is 19.9. The Morgan fingerprint density at radius 1 is 1.09 bits per heavy atom. The number of aliphatic imine (C=N–C) groups is 1. The highest BCUT2D eigenvalue weighted by Crippen LogP contribution is 2.32. The van der Waals surface area contributed by atoms with Crippen LogP contribution >= 0.6 is 0 Å². The Balaban J connectivity index is 1.29. The van der Waals surface area contributed by atoms with Crippen LogP contribution in [0.2, 0.25) is 0 Å². The van der Waals surface area contributed by atoms with Crippen LogP contribution in [0.5, 0.6) is 0 Å².